The highest BCUT2D eigenvalue weighted by molar-refractivity contribution is 5.78. The first-order chi connectivity index (χ1) is 10.3. The van der Waals surface area contributed by atoms with Gasteiger partial charge in [-0.05, 0) is 29.3 Å². The van der Waals surface area contributed by atoms with Crippen LogP contribution in [0.1, 0.15) is 17.2 Å². The van der Waals surface area contributed by atoms with Gasteiger partial charge in [0.15, 0.2) is 0 Å². The Morgan fingerprint density at radius 1 is 1.10 bits per heavy atom. The Kier molecular flexibility index (Phi) is 2.86. The number of benzene rings is 2. The zero-order chi connectivity index (χ0) is 14.2. The predicted octanol–water partition coefficient (Wildman–Crippen LogP) is 3.24. The van der Waals surface area contributed by atoms with Gasteiger partial charge < -0.3 is 10.5 Å². The van der Waals surface area contributed by atoms with E-state index in [9.17, 15) is 0 Å². The Labute approximate surface area is 123 Å². The Morgan fingerprint density at radius 3 is 2.81 bits per heavy atom. The van der Waals surface area contributed by atoms with Gasteiger partial charge in [0.1, 0.15) is 11.9 Å². The van der Waals surface area contributed by atoms with E-state index in [0.29, 0.717) is 0 Å². The summed E-state index contributed by atoms with van der Waals surface area (Å²) in [5, 5.41) is 1.11. The van der Waals surface area contributed by atoms with Crippen LogP contribution in [0.2, 0.25) is 0 Å². The Balaban J connectivity index is 1.64. The van der Waals surface area contributed by atoms with E-state index in [1.165, 1.54) is 5.56 Å². The normalized spacial score (nSPS) is 18.2. The first-order valence-corrected chi connectivity index (χ1v) is 7.16. The Hall–Kier alpha value is -2.39. The summed E-state index contributed by atoms with van der Waals surface area (Å²) in [7, 11) is 0. The van der Waals surface area contributed by atoms with Crippen molar-refractivity contribution < 1.29 is 4.74 Å². The molecule has 0 aliphatic carbocycles. The van der Waals surface area contributed by atoms with Gasteiger partial charge in [-0.1, -0.05) is 36.4 Å². The lowest BCUT2D eigenvalue weighted by molar-refractivity contribution is 0.199. The summed E-state index contributed by atoms with van der Waals surface area (Å²) in [6.07, 6.45) is 2.69. The molecule has 0 saturated heterocycles. The number of ether oxygens (including phenoxy) is 1. The zero-order valence-electron chi connectivity index (χ0n) is 11.6. The van der Waals surface area contributed by atoms with Crippen LogP contribution in [0.4, 0.5) is 0 Å². The molecule has 1 aliphatic heterocycles. The van der Waals surface area contributed by atoms with Gasteiger partial charge in [0, 0.05) is 18.0 Å². The van der Waals surface area contributed by atoms with E-state index in [4.69, 9.17) is 10.5 Å². The fraction of sp³-hybridized carbons (Fsp3) is 0.167. The molecule has 3 heteroatoms. The molecule has 1 aliphatic rings. The van der Waals surface area contributed by atoms with Crippen LogP contribution in [0.3, 0.4) is 0 Å². The number of nitrogens with zero attached hydrogens (tertiary/aromatic N) is 1. The van der Waals surface area contributed by atoms with Crippen LogP contribution >= 0.6 is 0 Å². The monoisotopic (exact) mass is 276 g/mol. The molecule has 2 aromatic carbocycles. The lowest BCUT2D eigenvalue weighted by atomic mass is 9.99. The predicted molar refractivity (Wildman–Crippen MR) is 83.2 cm³/mol. The van der Waals surface area contributed by atoms with Gasteiger partial charge in [0.05, 0.1) is 11.6 Å². The highest BCUT2D eigenvalue weighted by Crippen LogP contribution is 2.33. The number of aromatic nitrogens is 1. The maximum absolute atomic E-state index is 6.41. The van der Waals surface area contributed by atoms with Gasteiger partial charge in [-0.15, -0.1) is 0 Å². The van der Waals surface area contributed by atoms with Crippen LogP contribution in [-0.2, 0) is 6.42 Å². The lowest BCUT2D eigenvalue weighted by Gasteiger charge is -2.19. The third-order valence-electron chi connectivity index (χ3n) is 4.07. The third kappa shape index (κ3) is 2.16. The van der Waals surface area contributed by atoms with Gasteiger partial charge in [-0.25, -0.2) is 0 Å². The fourth-order valence-corrected chi connectivity index (χ4v) is 2.89. The lowest BCUT2D eigenvalue weighted by Crippen LogP contribution is -2.30. The highest BCUT2D eigenvalue weighted by Gasteiger charge is 2.29. The first-order valence-electron chi connectivity index (χ1n) is 7.16. The van der Waals surface area contributed by atoms with Crippen molar-refractivity contribution in [1.29, 1.82) is 0 Å². The maximum Gasteiger partial charge on any atom is 0.123 e. The summed E-state index contributed by atoms with van der Waals surface area (Å²) in [5.41, 5.74) is 9.64. The van der Waals surface area contributed by atoms with Gasteiger partial charge in [0.2, 0.25) is 0 Å². The van der Waals surface area contributed by atoms with Gasteiger partial charge in [-0.3, -0.25) is 4.98 Å². The molecule has 2 heterocycles. The number of hydrogen-bond donors (Lipinski definition) is 1. The van der Waals surface area contributed by atoms with Crippen LogP contribution in [-0.4, -0.2) is 11.1 Å². The second kappa shape index (κ2) is 4.86. The largest absolute Gasteiger partial charge is 0.488 e. The molecule has 1 aromatic heterocycles. The summed E-state index contributed by atoms with van der Waals surface area (Å²) < 4.78 is 5.98. The standard InChI is InChI=1S/C18H16N2O/c19-18(17-10-13-6-2-4-8-16(13)21-17)14-9-12-5-1-3-7-15(12)20-11-14/h1-9,11,17-18H,10,19H2. The van der Waals surface area contributed by atoms with E-state index in [0.717, 1.165) is 28.6 Å². The van der Waals surface area contributed by atoms with Crippen molar-refractivity contribution >= 4 is 10.9 Å². The van der Waals surface area contributed by atoms with Crippen molar-refractivity contribution in [3.63, 3.8) is 0 Å². The van der Waals surface area contributed by atoms with Crippen LogP contribution in [0.15, 0.2) is 60.8 Å². The van der Waals surface area contributed by atoms with E-state index in [1.54, 1.807) is 0 Å². The molecule has 3 aromatic rings. The minimum absolute atomic E-state index is 0.0228. The molecule has 104 valence electrons. The SMILES string of the molecule is NC(c1cnc2ccccc2c1)C1Cc2ccccc2O1. The first kappa shape index (κ1) is 12.4. The summed E-state index contributed by atoms with van der Waals surface area (Å²) >= 11 is 0. The van der Waals surface area contributed by atoms with Crippen molar-refractivity contribution in [2.24, 2.45) is 5.73 Å². The van der Waals surface area contributed by atoms with Crippen LogP contribution < -0.4 is 10.5 Å². The van der Waals surface area contributed by atoms with Crippen LogP contribution in [0.5, 0.6) is 5.75 Å². The molecular weight excluding hydrogens is 260 g/mol. The van der Waals surface area contributed by atoms with Gasteiger partial charge in [0.25, 0.3) is 0 Å². The summed E-state index contributed by atoms with van der Waals surface area (Å²) in [6, 6.07) is 18.1. The molecule has 2 unspecified atom stereocenters. The average molecular weight is 276 g/mol. The summed E-state index contributed by atoms with van der Waals surface area (Å²) in [4.78, 5) is 4.49. The molecule has 0 fully saturated rings. The second-order valence-electron chi connectivity index (χ2n) is 5.46. The number of nitrogens with two attached hydrogens (primary N) is 1. The van der Waals surface area contributed by atoms with Crippen molar-refractivity contribution in [2.75, 3.05) is 0 Å². The van der Waals surface area contributed by atoms with E-state index >= 15 is 0 Å². The molecule has 0 amide bonds. The minimum atomic E-state index is -0.172. The molecule has 0 spiro atoms. The number of pyridine rings is 1. The highest BCUT2D eigenvalue weighted by atomic mass is 16.5. The molecule has 0 bridgehead atoms. The third-order valence-corrected chi connectivity index (χ3v) is 4.07. The average Bonchev–Trinajstić information content (AvgIpc) is 2.97. The van der Waals surface area contributed by atoms with E-state index < -0.39 is 0 Å². The van der Waals surface area contributed by atoms with E-state index in [1.807, 2.05) is 42.6 Å². The minimum Gasteiger partial charge on any atom is -0.488 e. The van der Waals surface area contributed by atoms with E-state index in [-0.39, 0.29) is 12.1 Å². The van der Waals surface area contributed by atoms with Gasteiger partial charge in [-0.2, -0.15) is 0 Å². The quantitative estimate of drug-likeness (QED) is 0.781. The maximum atomic E-state index is 6.41. The number of hydrogen-bond acceptors (Lipinski definition) is 3. The second-order valence-corrected chi connectivity index (χ2v) is 5.46. The van der Waals surface area contributed by atoms with Crippen LogP contribution in [0, 0.1) is 0 Å². The number of para-hydroxylation sites is 2. The number of fused-ring (bicyclic) bond motifs is 2. The Morgan fingerprint density at radius 2 is 1.90 bits per heavy atom. The summed E-state index contributed by atoms with van der Waals surface area (Å²) in [5.74, 6) is 0.951. The molecule has 0 saturated carbocycles. The summed E-state index contributed by atoms with van der Waals surface area (Å²) in [6.45, 7) is 0. The molecule has 4 rings (SSSR count). The van der Waals surface area contributed by atoms with Crippen molar-refractivity contribution in [3.8, 4) is 5.75 Å². The molecule has 3 nitrogen and oxygen atoms in total. The number of rotatable bonds is 2. The van der Waals surface area contributed by atoms with Crippen LogP contribution in [0.25, 0.3) is 10.9 Å². The van der Waals surface area contributed by atoms with Crippen molar-refractivity contribution in [3.05, 3.63) is 71.9 Å². The molecular formula is C18H16N2O. The smallest absolute Gasteiger partial charge is 0.123 e. The topological polar surface area (TPSA) is 48.1 Å². The molecule has 0 radical (unpaired) electrons. The van der Waals surface area contributed by atoms with Gasteiger partial charge >= 0.3 is 0 Å². The molecule has 21 heavy (non-hydrogen) atoms. The Bertz CT molecular complexity index is 775. The zero-order valence-corrected chi connectivity index (χ0v) is 11.6. The van der Waals surface area contributed by atoms with Crippen molar-refractivity contribution in [2.45, 2.75) is 18.6 Å². The fourth-order valence-electron chi connectivity index (χ4n) is 2.89. The van der Waals surface area contributed by atoms with E-state index in [2.05, 4.69) is 23.2 Å². The molecule has 2 atom stereocenters. The van der Waals surface area contributed by atoms with Crippen molar-refractivity contribution in [1.82, 2.24) is 4.98 Å². The molecule has 2 N–H and O–H groups in total.